The van der Waals surface area contributed by atoms with E-state index in [1.165, 1.54) is 22.3 Å². The van der Waals surface area contributed by atoms with Gasteiger partial charge in [0.15, 0.2) is 0 Å². The Morgan fingerprint density at radius 3 is 1.72 bits per heavy atom. The van der Waals surface area contributed by atoms with E-state index in [2.05, 4.69) is 52.0 Å². The van der Waals surface area contributed by atoms with Crippen LogP contribution in [0.25, 0.3) is 0 Å². The van der Waals surface area contributed by atoms with Crippen LogP contribution in [-0.4, -0.2) is 0 Å². The molecule has 2 aromatic carbocycles. The van der Waals surface area contributed by atoms with Crippen molar-refractivity contribution < 1.29 is 32.7 Å². The second kappa shape index (κ2) is 9.47. The zero-order valence-corrected chi connectivity index (χ0v) is 14.6. The van der Waals surface area contributed by atoms with E-state index in [-0.39, 0.29) is 32.7 Å². The van der Waals surface area contributed by atoms with Gasteiger partial charge in [-0.05, 0) is 0 Å². The molecule has 0 saturated heterocycles. The summed E-state index contributed by atoms with van der Waals surface area (Å²) in [6, 6.07) is 18.1. The zero-order chi connectivity index (χ0) is 12.7. The van der Waals surface area contributed by atoms with E-state index in [1.54, 1.807) is 0 Å². The summed E-state index contributed by atoms with van der Waals surface area (Å²) in [5.74, 6) is 0. The van der Waals surface area contributed by atoms with Crippen molar-refractivity contribution in [3.63, 3.8) is 0 Å². The number of aryl methyl sites for hydroxylation is 4. The molecule has 0 N–H and O–H groups in total. The molecule has 0 atom stereocenters. The minimum absolute atomic E-state index is 0. The van der Waals surface area contributed by atoms with Gasteiger partial charge in [0, 0.05) is 32.7 Å². The number of benzene rings is 2. The number of rotatable bonds is 1. The van der Waals surface area contributed by atoms with E-state index in [1.807, 2.05) is 24.3 Å². The molecule has 0 spiro atoms. The molecule has 1 radical (unpaired) electrons. The summed E-state index contributed by atoms with van der Waals surface area (Å²) < 4.78 is 0. The smallest absolute Gasteiger partial charge is 0 e. The first-order chi connectivity index (χ1) is 8.15. The third-order valence-electron chi connectivity index (χ3n) is 2.92. The van der Waals surface area contributed by atoms with Crippen LogP contribution in [0.15, 0.2) is 36.4 Å². The van der Waals surface area contributed by atoms with E-state index in [4.69, 9.17) is 0 Å². The number of hydrogen-bond donors (Lipinski definition) is 0. The van der Waals surface area contributed by atoms with Crippen molar-refractivity contribution in [3.05, 3.63) is 70.8 Å². The normalized spacial score (nSPS) is 8.89. The molecule has 0 bridgehead atoms. The van der Waals surface area contributed by atoms with Crippen LogP contribution in [0.1, 0.15) is 29.2 Å². The maximum Gasteiger partial charge on any atom is 0 e. The molecule has 0 aliphatic carbocycles. The van der Waals surface area contributed by atoms with Crippen LogP contribution in [0.2, 0.25) is 0 Å². The topological polar surface area (TPSA) is 0 Å². The van der Waals surface area contributed by atoms with Gasteiger partial charge in [-0.15, -0.1) is 0 Å². The Morgan fingerprint density at radius 1 is 0.833 bits per heavy atom. The molecule has 0 aliphatic heterocycles. The fourth-order valence-corrected chi connectivity index (χ4v) is 1.53. The molecular weight excluding hydrogens is 293 g/mol. The first-order valence-electron chi connectivity index (χ1n) is 6.04. The predicted octanol–water partition coefficient (Wildman–Crippen LogP) is 4.46. The molecule has 0 fully saturated rings. The Kier molecular flexibility index (Phi) is 9.23. The first kappa shape index (κ1) is 17.5. The van der Waals surface area contributed by atoms with E-state index in [0.29, 0.717) is 0 Å². The molecule has 0 heterocycles. The average Bonchev–Trinajstić information content (AvgIpc) is 2.34. The second-order valence-electron chi connectivity index (χ2n) is 4.22. The molecule has 0 amide bonds. The summed E-state index contributed by atoms with van der Waals surface area (Å²) in [5.41, 5.74) is 5.42. The van der Waals surface area contributed by atoms with Gasteiger partial charge in [-0.25, -0.2) is 0 Å². The fourth-order valence-electron chi connectivity index (χ4n) is 1.53. The molecule has 0 saturated carbocycles. The molecule has 18 heavy (non-hydrogen) atoms. The fraction of sp³-hybridized carbons (Fsp3) is 0.294. The van der Waals surface area contributed by atoms with Crippen molar-refractivity contribution in [2.75, 3.05) is 0 Å². The maximum atomic E-state index is 3.04. The Bertz CT molecular complexity index is 440. The Labute approximate surface area is 137 Å². The van der Waals surface area contributed by atoms with E-state index < -0.39 is 0 Å². The molecule has 0 nitrogen and oxygen atoms in total. The van der Waals surface area contributed by atoms with E-state index in [0.717, 1.165) is 6.42 Å². The largest absolute Gasteiger partial charge is 0.184 e. The molecule has 0 aromatic heterocycles. The van der Waals surface area contributed by atoms with Crippen molar-refractivity contribution >= 4 is 0 Å². The SMILES string of the molecule is CCc1cc[c-]cc1C.Cc1c[c-]ccc1C.[Y]. The molecular formula is C17H20Y-2. The minimum Gasteiger partial charge on any atom is -0.184 e. The van der Waals surface area contributed by atoms with E-state index in [9.17, 15) is 0 Å². The van der Waals surface area contributed by atoms with Crippen LogP contribution in [0.3, 0.4) is 0 Å². The van der Waals surface area contributed by atoms with E-state index >= 15 is 0 Å². The summed E-state index contributed by atoms with van der Waals surface area (Å²) in [5, 5.41) is 0. The number of hydrogen-bond acceptors (Lipinski definition) is 0. The van der Waals surface area contributed by atoms with Crippen LogP contribution in [0.4, 0.5) is 0 Å². The summed E-state index contributed by atoms with van der Waals surface area (Å²) >= 11 is 0. The van der Waals surface area contributed by atoms with Crippen LogP contribution >= 0.6 is 0 Å². The van der Waals surface area contributed by atoms with Crippen molar-refractivity contribution in [3.8, 4) is 0 Å². The minimum atomic E-state index is 0. The average molecular weight is 313 g/mol. The summed E-state index contributed by atoms with van der Waals surface area (Å²) in [4.78, 5) is 0. The van der Waals surface area contributed by atoms with Crippen LogP contribution in [0, 0.1) is 32.9 Å². The third-order valence-corrected chi connectivity index (χ3v) is 2.92. The van der Waals surface area contributed by atoms with Gasteiger partial charge in [-0.3, -0.25) is 0 Å². The van der Waals surface area contributed by atoms with Gasteiger partial charge in [-0.2, -0.15) is 70.8 Å². The van der Waals surface area contributed by atoms with Gasteiger partial charge in [0.2, 0.25) is 0 Å². The zero-order valence-electron chi connectivity index (χ0n) is 11.7. The van der Waals surface area contributed by atoms with Gasteiger partial charge in [0.05, 0.1) is 0 Å². The molecule has 93 valence electrons. The quantitative estimate of drug-likeness (QED) is 0.682. The van der Waals surface area contributed by atoms with Gasteiger partial charge < -0.3 is 0 Å². The molecule has 0 unspecified atom stereocenters. The Balaban J connectivity index is 0.000000306. The van der Waals surface area contributed by atoms with Gasteiger partial charge in [-0.1, -0.05) is 34.1 Å². The van der Waals surface area contributed by atoms with Crippen molar-refractivity contribution in [2.24, 2.45) is 0 Å². The van der Waals surface area contributed by atoms with Gasteiger partial charge in [0.25, 0.3) is 0 Å². The monoisotopic (exact) mass is 313 g/mol. The van der Waals surface area contributed by atoms with Gasteiger partial charge in [0.1, 0.15) is 0 Å². The molecule has 0 aliphatic rings. The van der Waals surface area contributed by atoms with Crippen molar-refractivity contribution in [2.45, 2.75) is 34.1 Å². The molecule has 2 rings (SSSR count). The van der Waals surface area contributed by atoms with Crippen LogP contribution in [-0.2, 0) is 39.1 Å². The third kappa shape index (κ3) is 5.93. The Hall–Kier alpha value is -0.456. The van der Waals surface area contributed by atoms with Crippen LogP contribution in [0.5, 0.6) is 0 Å². The van der Waals surface area contributed by atoms with Crippen LogP contribution < -0.4 is 0 Å². The first-order valence-corrected chi connectivity index (χ1v) is 6.04. The molecule has 1 heteroatoms. The maximum absolute atomic E-state index is 3.04. The summed E-state index contributed by atoms with van der Waals surface area (Å²) in [7, 11) is 0. The standard InChI is InChI=1S/C9H11.C8H9.Y/c1-3-9-7-5-4-6-8(9)2;1-7-5-3-4-6-8(7)2;/h5-7H,3H2,1-2H3;3,5-6H,1-2H3;/q2*-1;. The predicted molar refractivity (Wildman–Crippen MR) is 74.1 cm³/mol. The van der Waals surface area contributed by atoms with Crippen molar-refractivity contribution in [1.29, 1.82) is 0 Å². The Morgan fingerprint density at radius 2 is 1.39 bits per heavy atom. The molecule has 2 aromatic rings. The van der Waals surface area contributed by atoms with Crippen molar-refractivity contribution in [1.82, 2.24) is 0 Å². The van der Waals surface area contributed by atoms with Gasteiger partial charge >= 0.3 is 0 Å². The summed E-state index contributed by atoms with van der Waals surface area (Å²) in [6.07, 6.45) is 1.13. The second-order valence-corrected chi connectivity index (χ2v) is 4.22. The summed E-state index contributed by atoms with van der Waals surface area (Å²) in [6.45, 7) is 8.48.